The number of nitrogens with one attached hydrogen (secondary N) is 1. The molecule has 4 nitrogen and oxygen atoms in total. The Bertz CT molecular complexity index is 387. The van der Waals surface area contributed by atoms with E-state index in [9.17, 15) is 9.90 Å². The maximum atomic E-state index is 11.8. The van der Waals surface area contributed by atoms with Gasteiger partial charge < -0.3 is 16.2 Å². The lowest BCUT2D eigenvalue weighted by Gasteiger charge is -2.15. The SMILES string of the molecule is CCCC(CCN)CNC(=O)Cc1cccc(O)c1. The van der Waals surface area contributed by atoms with Crippen molar-refractivity contribution >= 4 is 5.91 Å². The summed E-state index contributed by atoms with van der Waals surface area (Å²) in [7, 11) is 0. The van der Waals surface area contributed by atoms with Crippen molar-refractivity contribution in [2.75, 3.05) is 13.1 Å². The van der Waals surface area contributed by atoms with Crippen LogP contribution in [0.3, 0.4) is 0 Å². The van der Waals surface area contributed by atoms with Crippen LogP contribution in [0.5, 0.6) is 5.75 Å². The Morgan fingerprint density at radius 1 is 1.42 bits per heavy atom. The first kappa shape index (κ1) is 15.5. The molecule has 106 valence electrons. The third-order valence-corrected chi connectivity index (χ3v) is 3.13. The summed E-state index contributed by atoms with van der Waals surface area (Å²) in [5.74, 6) is 0.643. The molecular weight excluding hydrogens is 240 g/mol. The van der Waals surface area contributed by atoms with Crippen LogP contribution in [0.4, 0.5) is 0 Å². The Labute approximate surface area is 115 Å². The van der Waals surface area contributed by atoms with Gasteiger partial charge in [0.2, 0.25) is 5.91 Å². The van der Waals surface area contributed by atoms with Crippen molar-refractivity contribution in [2.24, 2.45) is 11.7 Å². The zero-order valence-electron chi connectivity index (χ0n) is 11.6. The highest BCUT2D eigenvalue weighted by Crippen LogP contribution is 2.12. The molecule has 0 heterocycles. The maximum absolute atomic E-state index is 11.8. The van der Waals surface area contributed by atoms with E-state index in [0.717, 1.165) is 24.8 Å². The van der Waals surface area contributed by atoms with Gasteiger partial charge >= 0.3 is 0 Å². The quantitative estimate of drug-likeness (QED) is 0.670. The van der Waals surface area contributed by atoms with Gasteiger partial charge in [0.15, 0.2) is 0 Å². The fourth-order valence-electron chi connectivity index (χ4n) is 2.16. The minimum absolute atomic E-state index is 0.0104. The molecule has 1 unspecified atom stereocenters. The van der Waals surface area contributed by atoms with Crippen molar-refractivity contribution in [1.82, 2.24) is 5.32 Å². The van der Waals surface area contributed by atoms with Crippen LogP contribution in [0.2, 0.25) is 0 Å². The molecule has 19 heavy (non-hydrogen) atoms. The molecule has 0 saturated heterocycles. The summed E-state index contributed by atoms with van der Waals surface area (Å²) in [6.07, 6.45) is 3.44. The summed E-state index contributed by atoms with van der Waals surface area (Å²) >= 11 is 0. The number of hydrogen-bond acceptors (Lipinski definition) is 3. The molecule has 0 bridgehead atoms. The van der Waals surface area contributed by atoms with Crippen LogP contribution in [-0.4, -0.2) is 24.1 Å². The van der Waals surface area contributed by atoms with Crippen LogP contribution in [0.25, 0.3) is 0 Å². The molecule has 1 aromatic rings. The smallest absolute Gasteiger partial charge is 0.224 e. The van der Waals surface area contributed by atoms with Crippen LogP contribution in [0, 0.1) is 5.92 Å². The number of carbonyl (C=O) groups excluding carboxylic acids is 1. The molecule has 0 aliphatic heterocycles. The van der Waals surface area contributed by atoms with E-state index in [4.69, 9.17) is 5.73 Å². The first-order valence-corrected chi connectivity index (χ1v) is 6.90. The number of phenols is 1. The van der Waals surface area contributed by atoms with E-state index in [1.54, 1.807) is 18.2 Å². The standard InChI is InChI=1S/C15H24N2O2/c1-2-4-12(7-8-16)11-17-15(19)10-13-5-3-6-14(18)9-13/h3,5-6,9,12,18H,2,4,7-8,10-11,16H2,1H3,(H,17,19). The highest BCUT2D eigenvalue weighted by molar-refractivity contribution is 5.78. The number of aromatic hydroxyl groups is 1. The summed E-state index contributed by atoms with van der Waals surface area (Å²) in [5, 5.41) is 12.3. The summed E-state index contributed by atoms with van der Waals surface area (Å²) in [6.45, 7) is 3.48. The zero-order valence-corrected chi connectivity index (χ0v) is 11.6. The number of carbonyl (C=O) groups is 1. The van der Waals surface area contributed by atoms with Gasteiger partial charge in [0.05, 0.1) is 6.42 Å². The number of rotatable bonds is 8. The Morgan fingerprint density at radius 2 is 2.21 bits per heavy atom. The van der Waals surface area contributed by atoms with Crippen molar-refractivity contribution in [1.29, 1.82) is 0 Å². The van der Waals surface area contributed by atoms with E-state index in [1.165, 1.54) is 0 Å². The van der Waals surface area contributed by atoms with E-state index >= 15 is 0 Å². The Hall–Kier alpha value is -1.55. The van der Waals surface area contributed by atoms with Crippen LogP contribution in [0.1, 0.15) is 31.7 Å². The van der Waals surface area contributed by atoms with Gasteiger partial charge in [0.25, 0.3) is 0 Å². The van der Waals surface area contributed by atoms with Crippen molar-refractivity contribution in [3.8, 4) is 5.75 Å². The van der Waals surface area contributed by atoms with E-state index in [-0.39, 0.29) is 11.7 Å². The van der Waals surface area contributed by atoms with Crippen molar-refractivity contribution < 1.29 is 9.90 Å². The van der Waals surface area contributed by atoms with Crippen molar-refractivity contribution in [2.45, 2.75) is 32.6 Å². The molecule has 0 aromatic heterocycles. The number of hydrogen-bond donors (Lipinski definition) is 3. The lowest BCUT2D eigenvalue weighted by Crippen LogP contribution is -2.31. The monoisotopic (exact) mass is 264 g/mol. The van der Waals surface area contributed by atoms with E-state index in [2.05, 4.69) is 12.2 Å². The summed E-state index contributed by atoms with van der Waals surface area (Å²) < 4.78 is 0. The third-order valence-electron chi connectivity index (χ3n) is 3.13. The fourth-order valence-corrected chi connectivity index (χ4v) is 2.16. The Kier molecular flexibility index (Phi) is 6.97. The van der Waals surface area contributed by atoms with Crippen LogP contribution < -0.4 is 11.1 Å². The summed E-state index contributed by atoms with van der Waals surface area (Å²) in [6, 6.07) is 6.79. The molecule has 0 radical (unpaired) electrons. The van der Waals surface area contributed by atoms with E-state index < -0.39 is 0 Å². The largest absolute Gasteiger partial charge is 0.508 e. The van der Waals surface area contributed by atoms with Crippen molar-refractivity contribution in [3.63, 3.8) is 0 Å². The molecular formula is C15H24N2O2. The Morgan fingerprint density at radius 3 is 2.84 bits per heavy atom. The minimum Gasteiger partial charge on any atom is -0.508 e. The molecule has 4 N–H and O–H groups in total. The molecule has 1 amide bonds. The lowest BCUT2D eigenvalue weighted by atomic mass is 10.00. The molecule has 0 fully saturated rings. The molecule has 0 spiro atoms. The lowest BCUT2D eigenvalue weighted by molar-refractivity contribution is -0.120. The first-order valence-electron chi connectivity index (χ1n) is 6.90. The van der Waals surface area contributed by atoms with Gasteiger partial charge in [-0.05, 0) is 43.0 Å². The molecule has 4 heteroatoms. The Balaban J connectivity index is 2.38. The molecule has 0 aliphatic carbocycles. The number of nitrogens with two attached hydrogens (primary N) is 1. The van der Waals surface area contributed by atoms with Crippen LogP contribution >= 0.6 is 0 Å². The zero-order chi connectivity index (χ0) is 14.1. The normalized spacial score (nSPS) is 12.1. The predicted octanol–water partition coefficient (Wildman–Crippen LogP) is 1.82. The third kappa shape index (κ3) is 6.25. The predicted molar refractivity (Wildman–Crippen MR) is 76.9 cm³/mol. The fraction of sp³-hybridized carbons (Fsp3) is 0.533. The highest BCUT2D eigenvalue weighted by Gasteiger charge is 2.09. The number of benzene rings is 1. The average molecular weight is 264 g/mol. The van der Waals surface area contributed by atoms with Gasteiger partial charge in [-0.3, -0.25) is 4.79 Å². The van der Waals surface area contributed by atoms with Gasteiger partial charge in [0, 0.05) is 6.54 Å². The summed E-state index contributed by atoms with van der Waals surface area (Å²) in [4.78, 5) is 11.8. The van der Waals surface area contributed by atoms with Gasteiger partial charge in [-0.25, -0.2) is 0 Å². The van der Waals surface area contributed by atoms with E-state index in [0.29, 0.717) is 25.4 Å². The average Bonchev–Trinajstić information content (AvgIpc) is 2.36. The van der Waals surface area contributed by atoms with Gasteiger partial charge in [0.1, 0.15) is 5.75 Å². The van der Waals surface area contributed by atoms with E-state index in [1.807, 2.05) is 6.07 Å². The molecule has 0 saturated carbocycles. The van der Waals surface area contributed by atoms with Gasteiger partial charge in [-0.2, -0.15) is 0 Å². The van der Waals surface area contributed by atoms with Crippen LogP contribution in [-0.2, 0) is 11.2 Å². The molecule has 1 rings (SSSR count). The minimum atomic E-state index is -0.0104. The van der Waals surface area contributed by atoms with Gasteiger partial charge in [-0.1, -0.05) is 25.5 Å². The van der Waals surface area contributed by atoms with Gasteiger partial charge in [-0.15, -0.1) is 0 Å². The second-order valence-electron chi connectivity index (χ2n) is 4.88. The highest BCUT2D eigenvalue weighted by atomic mass is 16.3. The summed E-state index contributed by atoms with van der Waals surface area (Å²) in [5.41, 5.74) is 6.39. The molecule has 1 atom stereocenters. The second-order valence-corrected chi connectivity index (χ2v) is 4.88. The number of amides is 1. The topological polar surface area (TPSA) is 75.3 Å². The van der Waals surface area contributed by atoms with Crippen LogP contribution in [0.15, 0.2) is 24.3 Å². The molecule has 1 aromatic carbocycles. The second kappa shape index (κ2) is 8.53. The van der Waals surface area contributed by atoms with Crippen molar-refractivity contribution in [3.05, 3.63) is 29.8 Å². The molecule has 0 aliphatic rings. The maximum Gasteiger partial charge on any atom is 0.224 e. The number of phenolic OH excluding ortho intramolecular Hbond substituents is 1. The first-order chi connectivity index (χ1) is 9.15.